The van der Waals surface area contributed by atoms with Gasteiger partial charge in [0, 0.05) is 38.6 Å². The van der Waals surface area contributed by atoms with Crippen LogP contribution in [0.3, 0.4) is 0 Å². The van der Waals surface area contributed by atoms with Gasteiger partial charge in [-0.2, -0.15) is 0 Å². The second kappa shape index (κ2) is 15.2. The van der Waals surface area contributed by atoms with Crippen molar-refractivity contribution in [2.45, 2.75) is 78.0 Å². The van der Waals surface area contributed by atoms with Crippen molar-refractivity contribution in [2.24, 2.45) is 41.2 Å². The summed E-state index contributed by atoms with van der Waals surface area (Å²) in [6.45, 7) is 11.0. The first-order valence-electron chi connectivity index (χ1n) is 14.8. The van der Waals surface area contributed by atoms with Crippen LogP contribution in [0, 0.1) is 35.5 Å². The molecule has 39 heavy (non-hydrogen) atoms. The minimum absolute atomic E-state index is 0.0133. The smallest absolute Gasteiger partial charge is 0.223 e. The molecule has 222 valence electrons. The maximum atomic E-state index is 13.0. The van der Waals surface area contributed by atoms with Crippen LogP contribution in [0.1, 0.15) is 58.9 Å². The van der Waals surface area contributed by atoms with Crippen molar-refractivity contribution >= 4 is 5.91 Å². The van der Waals surface area contributed by atoms with E-state index in [1.54, 1.807) is 14.2 Å². The number of benzene rings is 1. The number of carbonyl (C=O) groups excluding carboxylic acids is 1. The van der Waals surface area contributed by atoms with Crippen molar-refractivity contribution < 1.29 is 28.8 Å². The minimum Gasteiger partial charge on any atom is -0.493 e. The SMILES string of the molecule is COCCCOc1cc(C[C@@H](C[C@H](N)[C@@H](O)C[C@H](C(=O)NC[C@@H]2OC[C@@H]3C[C@@H]32)C(C)C)C(C)C)ccc1OC. The Morgan fingerprint density at radius 1 is 1.13 bits per heavy atom. The zero-order valence-electron chi connectivity index (χ0n) is 24.9. The van der Waals surface area contributed by atoms with Crippen LogP contribution in [-0.2, 0) is 20.7 Å². The maximum Gasteiger partial charge on any atom is 0.223 e. The summed E-state index contributed by atoms with van der Waals surface area (Å²) in [7, 11) is 3.32. The van der Waals surface area contributed by atoms with Crippen LogP contribution in [0.15, 0.2) is 18.2 Å². The van der Waals surface area contributed by atoms with Crippen LogP contribution in [0.5, 0.6) is 11.5 Å². The van der Waals surface area contributed by atoms with Crippen molar-refractivity contribution in [1.82, 2.24) is 5.32 Å². The highest BCUT2D eigenvalue weighted by atomic mass is 16.5. The van der Waals surface area contributed by atoms with Crippen LogP contribution in [0.4, 0.5) is 0 Å². The van der Waals surface area contributed by atoms with E-state index in [0.29, 0.717) is 56.1 Å². The Hall–Kier alpha value is -1.87. The highest BCUT2D eigenvalue weighted by Gasteiger charge is 2.49. The van der Waals surface area contributed by atoms with Crippen LogP contribution < -0.4 is 20.5 Å². The predicted octanol–water partition coefficient (Wildman–Crippen LogP) is 3.82. The molecule has 1 aromatic carbocycles. The number of nitrogens with two attached hydrogens (primary N) is 1. The molecule has 0 radical (unpaired) electrons. The Kier molecular flexibility index (Phi) is 12.4. The van der Waals surface area contributed by atoms with Crippen molar-refractivity contribution in [1.29, 1.82) is 0 Å². The van der Waals surface area contributed by atoms with Gasteiger partial charge >= 0.3 is 0 Å². The maximum absolute atomic E-state index is 13.0. The normalized spacial score (nSPS) is 23.3. The van der Waals surface area contributed by atoms with Crippen LogP contribution in [0.25, 0.3) is 0 Å². The van der Waals surface area contributed by atoms with Gasteiger partial charge in [-0.05, 0) is 73.0 Å². The molecule has 8 heteroatoms. The number of carbonyl (C=O) groups is 1. The first-order valence-corrected chi connectivity index (χ1v) is 14.8. The number of methoxy groups -OCH3 is 2. The fraction of sp³-hybridized carbons (Fsp3) is 0.774. The number of rotatable bonds is 18. The predicted molar refractivity (Wildman–Crippen MR) is 153 cm³/mol. The number of nitrogens with one attached hydrogen (secondary N) is 1. The lowest BCUT2D eigenvalue weighted by Crippen LogP contribution is -2.44. The summed E-state index contributed by atoms with van der Waals surface area (Å²) in [6, 6.07) is 5.63. The number of aliphatic hydroxyl groups is 1. The molecule has 7 atom stereocenters. The van der Waals surface area contributed by atoms with E-state index in [0.717, 1.165) is 30.8 Å². The average Bonchev–Trinajstić information content (AvgIpc) is 3.58. The van der Waals surface area contributed by atoms with Gasteiger partial charge in [-0.3, -0.25) is 4.79 Å². The molecule has 1 aliphatic heterocycles. The Morgan fingerprint density at radius 3 is 2.49 bits per heavy atom. The summed E-state index contributed by atoms with van der Waals surface area (Å²) in [5, 5.41) is 14.2. The number of hydrogen-bond acceptors (Lipinski definition) is 7. The summed E-state index contributed by atoms with van der Waals surface area (Å²) in [5.41, 5.74) is 7.71. The Morgan fingerprint density at radius 2 is 1.90 bits per heavy atom. The summed E-state index contributed by atoms with van der Waals surface area (Å²) in [4.78, 5) is 13.0. The first kappa shape index (κ1) is 31.7. The van der Waals surface area contributed by atoms with Crippen molar-refractivity contribution in [3.63, 3.8) is 0 Å². The van der Waals surface area contributed by atoms with Crippen molar-refractivity contribution in [2.75, 3.05) is 40.6 Å². The molecule has 1 saturated heterocycles. The highest BCUT2D eigenvalue weighted by molar-refractivity contribution is 5.79. The van der Waals surface area contributed by atoms with E-state index in [2.05, 4.69) is 25.2 Å². The molecule has 2 fully saturated rings. The molecule has 1 heterocycles. The van der Waals surface area contributed by atoms with Gasteiger partial charge in [-0.15, -0.1) is 0 Å². The largest absolute Gasteiger partial charge is 0.493 e. The summed E-state index contributed by atoms with van der Waals surface area (Å²) < 4.78 is 22.3. The molecule has 1 aromatic rings. The van der Waals surface area contributed by atoms with Gasteiger partial charge < -0.3 is 35.1 Å². The average molecular weight is 549 g/mol. The van der Waals surface area contributed by atoms with E-state index in [-0.39, 0.29) is 29.8 Å². The van der Waals surface area contributed by atoms with E-state index >= 15 is 0 Å². The topological polar surface area (TPSA) is 112 Å². The molecule has 1 amide bonds. The standard InChI is InChI=1S/C31H52N2O6/c1-19(2)22(12-21-8-9-28(37-6)29(13-21)38-11-7-10-36-5)15-26(32)27(34)16-24(20(3)4)31(35)33-17-30-25-14-23(25)18-39-30/h8-9,13,19-20,22-27,30,34H,7,10-12,14-18,32H2,1-6H3,(H,33,35)/t22-,23-,24-,25-,26-,27-,30-/m0/s1. The zero-order valence-corrected chi connectivity index (χ0v) is 24.9. The van der Waals surface area contributed by atoms with Gasteiger partial charge in [0.05, 0.1) is 32.5 Å². The molecule has 1 aliphatic carbocycles. The number of ether oxygens (including phenoxy) is 4. The molecule has 3 rings (SSSR count). The Balaban J connectivity index is 1.55. The third-order valence-electron chi connectivity index (χ3n) is 8.58. The van der Waals surface area contributed by atoms with Crippen LogP contribution in [-0.4, -0.2) is 69.8 Å². The van der Waals surface area contributed by atoms with Gasteiger partial charge in [-0.1, -0.05) is 33.8 Å². The van der Waals surface area contributed by atoms with Crippen LogP contribution in [0.2, 0.25) is 0 Å². The number of hydrogen-bond donors (Lipinski definition) is 3. The number of fused-ring (bicyclic) bond motifs is 1. The number of aliphatic hydroxyl groups excluding tert-OH is 1. The number of amides is 1. The second-order valence-electron chi connectivity index (χ2n) is 12.2. The van der Waals surface area contributed by atoms with E-state index in [4.69, 9.17) is 24.7 Å². The van der Waals surface area contributed by atoms with Gasteiger partial charge in [0.25, 0.3) is 0 Å². The summed E-state index contributed by atoms with van der Waals surface area (Å²) in [6.07, 6.45) is 3.24. The van der Waals surface area contributed by atoms with Crippen molar-refractivity contribution in [3.8, 4) is 11.5 Å². The second-order valence-corrected chi connectivity index (χ2v) is 12.2. The third-order valence-corrected chi connectivity index (χ3v) is 8.58. The molecule has 0 aromatic heterocycles. The first-order chi connectivity index (χ1) is 18.6. The van der Waals surface area contributed by atoms with E-state index in [9.17, 15) is 9.90 Å². The molecule has 2 aliphatic rings. The summed E-state index contributed by atoms with van der Waals surface area (Å²) in [5.74, 6) is 3.17. The van der Waals surface area contributed by atoms with Gasteiger partial charge in [0.15, 0.2) is 11.5 Å². The molecule has 0 bridgehead atoms. The van der Waals surface area contributed by atoms with E-state index in [1.165, 1.54) is 6.42 Å². The van der Waals surface area contributed by atoms with Gasteiger partial charge in [-0.25, -0.2) is 0 Å². The summed E-state index contributed by atoms with van der Waals surface area (Å²) >= 11 is 0. The van der Waals surface area contributed by atoms with Gasteiger partial charge in [0.2, 0.25) is 5.91 Å². The van der Waals surface area contributed by atoms with Crippen molar-refractivity contribution in [3.05, 3.63) is 23.8 Å². The lowest BCUT2D eigenvalue weighted by atomic mass is 9.81. The quantitative estimate of drug-likeness (QED) is 0.239. The lowest BCUT2D eigenvalue weighted by molar-refractivity contribution is -0.128. The third kappa shape index (κ3) is 9.34. The van der Waals surface area contributed by atoms with E-state index < -0.39 is 12.1 Å². The molecule has 8 nitrogen and oxygen atoms in total. The molecular formula is C31H52N2O6. The molecule has 1 saturated carbocycles. The lowest BCUT2D eigenvalue weighted by Gasteiger charge is -2.30. The fourth-order valence-electron chi connectivity index (χ4n) is 5.70. The molecule has 4 N–H and O–H groups in total. The van der Waals surface area contributed by atoms with E-state index in [1.807, 2.05) is 26.0 Å². The monoisotopic (exact) mass is 548 g/mol. The molecular weight excluding hydrogens is 496 g/mol. The molecule has 0 unspecified atom stereocenters. The van der Waals surface area contributed by atoms with Crippen LogP contribution >= 0.6 is 0 Å². The molecule has 0 spiro atoms. The Labute approximate surface area is 235 Å². The minimum atomic E-state index is -0.754. The highest BCUT2D eigenvalue weighted by Crippen LogP contribution is 2.47. The fourth-order valence-corrected chi connectivity index (χ4v) is 5.70. The zero-order chi connectivity index (χ0) is 28.5. The Bertz CT molecular complexity index is 894. The van der Waals surface area contributed by atoms with Gasteiger partial charge in [0.1, 0.15) is 0 Å².